The number of rotatable bonds is 14. The maximum atomic E-state index is 12.7. The highest BCUT2D eigenvalue weighted by atomic mass is 32.2. The van der Waals surface area contributed by atoms with Crippen molar-refractivity contribution in [3.05, 3.63) is 0 Å². The average Bonchev–Trinajstić information content (AvgIpc) is 2.59. The predicted molar refractivity (Wildman–Crippen MR) is 104 cm³/mol. The molecule has 0 aromatic carbocycles. The van der Waals surface area contributed by atoms with Crippen molar-refractivity contribution in [3.63, 3.8) is 0 Å². The molecule has 0 N–H and O–H groups in total. The Morgan fingerprint density at radius 2 is 1.12 bits per heavy atom. The molecule has 0 aliphatic heterocycles. The summed E-state index contributed by atoms with van der Waals surface area (Å²) in [4.78, 5) is 0. The van der Waals surface area contributed by atoms with Crippen LogP contribution >= 0.6 is 0 Å². The molecule has 0 heterocycles. The normalized spacial score (nSPS) is 13.2. The van der Waals surface area contributed by atoms with Crippen molar-refractivity contribution >= 4 is 10.1 Å². The number of nitrogens with zero attached hydrogens (tertiary/aromatic N) is 1. The lowest BCUT2D eigenvalue weighted by atomic mass is 10.1. The quantitative estimate of drug-likeness (QED) is 0.234. The van der Waals surface area contributed by atoms with E-state index in [2.05, 4.69) is 34.6 Å². The first-order valence-corrected chi connectivity index (χ1v) is 11.6. The van der Waals surface area contributed by atoms with E-state index in [1.807, 2.05) is 0 Å². The molecule has 0 bridgehead atoms. The van der Waals surface area contributed by atoms with E-state index >= 15 is 0 Å². The number of hydrogen-bond donors (Lipinski definition) is 0. The molecule has 0 aromatic heterocycles. The van der Waals surface area contributed by atoms with Gasteiger partial charge in [-0.05, 0) is 40.5 Å². The van der Waals surface area contributed by atoms with Gasteiger partial charge in [-0.2, -0.15) is 0 Å². The van der Waals surface area contributed by atoms with E-state index in [0.29, 0.717) is 6.42 Å². The van der Waals surface area contributed by atoms with Crippen molar-refractivity contribution in [3.8, 4) is 0 Å². The van der Waals surface area contributed by atoms with Crippen molar-refractivity contribution in [2.24, 2.45) is 0 Å². The van der Waals surface area contributed by atoms with Gasteiger partial charge in [0.15, 0.2) is 5.50 Å². The molecule has 1 unspecified atom stereocenters. The SMILES string of the molecule is CCCCCCCCCCC(F)S(=O)(=O)[O-].CC[N+](CC)(CC)CC. The summed E-state index contributed by atoms with van der Waals surface area (Å²) in [6.07, 6.45) is 8.13. The predicted octanol–water partition coefficient (Wildman–Crippen LogP) is 5.24. The molecule has 0 fully saturated rings. The number of alkyl halides is 1. The van der Waals surface area contributed by atoms with Crippen LogP contribution in [0.5, 0.6) is 0 Å². The fourth-order valence-electron chi connectivity index (χ4n) is 2.92. The number of unbranched alkanes of at least 4 members (excludes halogenated alkanes) is 7. The molecule has 0 amide bonds. The van der Waals surface area contributed by atoms with Crippen molar-refractivity contribution in [1.82, 2.24) is 0 Å². The molecule has 6 heteroatoms. The van der Waals surface area contributed by atoms with Crippen LogP contribution in [0, 0.1) is 0 Å². The summed E-state index contributed by atoms with van der Waals surface area (Å²) in [5.41, 5.74) is -2.22. The highest BCUT2D eigenvalue weighted by Crippen LogP contribution is 2.14. The molecule has 0 aromatic rings. The maximum absolute atomic E-state index is 12.7. The summed E-state index contributed by atoms with van der Waals surface area (Å²) in [5, 5.41) is 0. The molecule has 0 radical (unpaired) electrons. The first kappa shape index (κ1) is 27.0. The van der Waals surface area contributed by atoms with Crippen molar-refractivity contribution in [2.75, 3.05) is 26.2 Å². The largest absolute Gasteiger partial charge is 0.746 e. The van der Waals surface area contributed by atoms with Crippen LogP contribution in [0.15, 0.2) is 0 Å². The van der Waals surface area contributed by atoms with Crippen LogP contribution in [0.3, 0.4) is 0 Å². The Hall–Kier alpha value is -0.200. The number of halogens is 1. The Morgan fingerprint density at radius 3 is 1.40 bits per heavy atom. The van der Waals surface area contributed by atoms with Crippen LogP contribution in [-0.2, 0) is 10.1 Å². The highest BCUT2D eigenvalue weighted by Gasteiger charge is 2.16. The van der Waals surface area contributed by atoms with E-state index in [1.54, 1.807) is 0 Å². The zero-order chi connectivity index (χ0) is 19.8. The van der Waals surface area contributed by atoms with Gasteiger partial charge in [-0.1, -0.05) is 51.9 Å². The van der Waals surface area contributed by atoms with Gasteiger partial charge in [-0.15, -0.1) is 0 Å². The van der Waals surface area contributed by atoms with Gasteiger partial charge in [-0.3, -0.25) is 0 Å². The van der Waals surface area contributed by atoms with E-state index in [1.165, 1.54) is 56.3 Å². The molecule has 0 saturated heterocycles. The molecule has 0 rings (SSSR count). The number of hydrogen-bond acceptors (Lipinski definition) is 3. The van der Waals surface area contributed by atoms with Gasteiger partial charge in [0.2, 0.25) is 0 Å². The van der Waals surface area contributed by atoms with Crippen molar-refractivity contribution < 1.29 is 21.8 Å². The van der Waals surface area contributed by atoms with Crippen LogP contribution in [0.1, 0.15) is 92.4 Å². The zero-order valence-corrected chi connectivity index (χ0v) is 18.0. The topological polar surface area (TPSA) is 57.2 Å². The summed E-state index contributed by atoms with van der Waals surface area (Å²) in [5.74, 6) is 0. The summed E-state index contributed by atoms with van der Waals surface area (Å²) < 4.78 is 44.7. The molecule has 154 valence electrons. The Labute approximate surface area is 156 Å². The first-order valence-electron chi connectivity index (χ1n) is 10.2. The van der Waals surface area contributed by atoms with E-state index < -0.39 is 15.6 Å². The Bertz CT molecular complexity index is 367. The number of quaternary nitrogens is 1. The maximum Gasteiger partial charge on any atom is 0.189 e. The molecule has 1 atom stereocenters. The van der Waals surface area contributed by atoms with Gasteiger partial charge in [0.25, 0.3) is 0 Å². The minimum atomic E-state index is -4.72. The lowest BCUT2D eigenvalue weighted by molar-refractivity contribution is -0.921. The fourth-order valence-corrected chi connectivity index (χ4v) is 3.38. The highest BCUT2D eigenvalue weighted by molar-refractivity contribution is 7.86. The van der Waals surface area contributed by atoms with Crippen LogP contribution in [0.2, 0.25) is 0 Å². The lowest BCUT2D eigenvalue weighted by Gasteiger charge is -2.34. The molecule has 0 aliphatic rings. The minimum Gasteiger partial charge on any atom is -0.746 e. The van der Waals surface area contributed by atoms with Gasteiger partial charge >= 0.3 is 0 Å². The first-order chi connectivity index (χ1) is 11.7. The van der Waals surface area contributed by atoms with E-state index in [0.717, 1.165) is 19.3 Å². The van der Waals surface area contributed by atoms with Crippen LogP contribution in [0.25, 0.3) is 0 Å². The summed E-state index contributed by atoms with van der Waals surface area (Å²) >= 11 is 0. The smallest absolute Gasteiger partial charge is 0.189 e. The lowest BCUT2D eigenvalue weighted by Crippen LogP contribution is -2.47. The second-order valence-corrected chi connectivity index (χ2v) is 8.27. The van der Waals surface area contributed by atoms with E-state index in [4.69, 9.17) is 0 Å². The second kappa shape index (κ2) is 16.0. The molecular formula is C19H42FNO3S. The van der Waals surface area contributed by atoms with Gasteiger partial charge in [-0.25, -0.2) is 12.8 Å². The summed E-state index contributed by atoms with van der Waals surface area (Å²) in [6.45, 7) is 16.4. The molecule has 0 saturated carbocycles. The van der Waals surface area contributed by atoms with Gasteiger partial charge in [0, 0.05) is 0 Å². The van der Waals surface area contributed by atoms with Crippen LogP contribution < -0.4 is 0 Å². The standard InChI is InChI=1S/C11H23FO3S.C8H20N/c1-2-3-4-5-6-7-8-9-10-11(12)16(13,14)15;1-5-9(6-2,7-3)8-4/h11H,2-10H2,1H3,(H,13,14,15);5-8H2,1-4H3/q;+1/p-1. The van der Waals surface area contributed by atoms with E-state index in [-0.39, 0.29) is 6.42 Å². The summed E-state index contributed by atoms with van der Waals surface area (Å²) in [6, 6.07) is 0. The minimum absolute atomic E-state index is 0.152. The second-order valence-electron chi connectivity index (χ2n) is 6.77. The zero-order valence-electron chi connectivity index (χ0n) is 17.2. The van der Waals surface area contributed by atoms with Crippen LogP contribution in [0.4, 0.5) is 4.39 Å². The molecule has 4 nitrogen and oxygen atoms in total. The average molecular weight is 384 g/mol. The van der Waals surface area contributed by atoms with Gasteiger partial charge in [0.05, 0.1) is 26.2 Å². The van der Waals surface area contributed by atoms with Gasteiger partial charge in [0.1, 0.15) is 10.1 Å². The van der Waals surface area contributed by atoms with Crippen molar-refractivity contribution in [2.45, 2.75) is 97.9 Å². The Kier molecular flexibility index (Phi) is 17.3. The van der Waals surface area contributed by atoms with Gasteiger partial charge < -0.3 is 9.04 Å². The molecule has 0 spiro atoms. The monoisotopic (exact) mass is 383 g/mol. The van der Waals surface area contributed by atoms with Crippen LogP contribution in [-0.4, -0.2) is 49.1 Å². The molecule has 25 heavy (non-hydrogen) atoms. The van der Waals surface area contributed by atoms with Crippen molar-refractivity contribution in [1.29, 1.82) is 0 Å². The van der Waals surface area contributed by atoms with E-state index in [9.17, 15) is 17.4 Å². The third-order valence-corrected chi connectivity index (χ3v) is 6.14. The fraction of sp³-hybridized carbons (Fsp3) is 1.00. The third-order valence-electron chi connectivity index (χ3n) is 5.28. The summed E-state index contributed by atoms with van der Waals surface area (Å²) in [7, 11) is -4.72. The Morgan fingerprint density at radius 1 is 0.760 bits per heavy atom. The molecular weight excluding hydrogens is 341 g/mol. The molecule has 0 aliphatic carbocycles. The third kappa shape index (κ3) is 14.6. The Balaban J connectivity index is 0.